The minimum Gasteiger partial charge on any atom is -0.459 e. The average molecular weight is 406 g/mol. The van der Waals surface area contributed by atoms with E-state index >= 15 is 0 Å². The highest BCUT2D eigenvalue weighted by molar-refractivity contribution is 6.07. The second-order valence-corrected chi connectivity index (χ2v) is 6.20. The Labute approximate surface area is 171 Å². The standard InChI is InChI=1S/C22H18N2O6/c1-14(25)15-7-2-4-9-17(15)23-20(26)13-30-22(28)16-8-3-5-10-18(16)24-21(27)19-11-6-12-29-19/h2-12H,13H2,1H3,(H,23,26)(H,24,27). The van der Waals surface area contributed by atoms with E-state index in [-0.39, 0.29) is 22.8 Å². The molecule has 0 spiro atoms. The number of carbonyl (C=O) groups excluding carboxylic acids is 4. The van der Waals surface area contributed by atoms with Crippen LogP contribution in [-0.2, 0) is 9.53 Å². The zero-order valence-electron chi connectivity index (χ0n) is 16.0. The number of carbonyl (C=O) groups is 4. The number of furan rings is 1. The zero-order valence-corrected chi connectivity index (χ0v) is 16.0. The Morgan fingerprint density at radius 3 is 2.10 bits per heavy atom. The lowest BCUT2D eigenvalue weighted by Gasteiger charge is -2.11. The normalized spacial score (nSPS) is 10.2. The third-order valence-electron chi connectivity index (χ3n) is 4.05. The fraction of sp³-hybridized carbons (Fsp3) is 0.0909. The van der Waals surface area contributed by atoms with Crippen LogP contribution in [0.25, 0.3) is 0 Å². The molecule has 2 N–H and O–H groups in total. The van der Waals surface area contributed by atoms with Crippen molar-refractivity contribution in [1.82, 2.24) is 0 Å². The number of hydrogen-bond acceptors (Lipinski definition) is 6. The minimum atomic E-state index is -0.791. The predicted molar refractivity (Wildman–Crippen MR) is 108 cm³/mol. The molecular weight excluding hydrogens is 388 g/mol. The van der Waals surface area contributed by atoms with E-state index in [1.54, 1.807) is 42.5 Å². The number of hydrogen-bond donors (Lipinski definition) is 2. The first-order valence-electron chi connectivity index (χ1n) is 8.96. The summed E-state index contributed by atoms with van der Waals surface area (Å²) in [6, 6.07) is 15.8. The molecule has 1 heterocycles. The SMILES string of the molecule is CC(=O)c1ccccc1NC(=O)COC(=O)c1ccccc1NC(=O)c1ccco1. The molecule has 0 aliphatic heterocycles. The monoisotopic (exact) mass is 406 g/mol. The van der Waals surface area contributed by atoms with Gasteiger partial charge in [-0.1, -0.05) is 24.3 Å². The maximum atomic E-state index is 12.4. The van der Waals surface area contributed by atoms with Gasteiger partial charge in [-0.2, -0.15) is 0 Å². The molecule has 3 aromatic rings. The van der Waals surface area contributed by atoms with E-state index in [2.05, 4.69) is 10.6 Å². The van der Waals surface area contributed by atoms with Gasteiger partial charge in [0.25, 0.3) is 11.8 Å². The second kappa shape index (κ2) is 9.33. The van der Waals surface area contributed by atoms with Crippen molar-refractivity contribution in [3.63, 3.8) is 0 Å². The summed E-state index contributed by atoms with van der Waals surface area (Å²) < 4.78 is 10.1. The Morgan fingerprint density at radius 1 is 0.833 bits per heavy atom. The van der Waals surface area contributed by atoms with Crippen molar-refractivity contribution in [2.45, 2.75) is 6.92 Å². The van der Waals surface area contributed by atoms with Gasteiger partial charge in [0.1, 0.15) is 0 Å². The van der Waals surface area contributed by atoms with Crippen molar-refractivity contribution in [2.24, 2.45) is 0 Å². The van der Waals surface area contributed by atoms with Crippen LogP contribution in [0.1, 0.15) is 38.2 Å². The number of amides is 2. The molecule has 0 atom stereocenters. The largest absolute Gasteiger partial charge is 0.459 e. The van der Waals surface area contributed by atoms with Gasteiger partial charge in [-0.25, -0.2) is 4.79 Å². The number of ether oxygens (including phenoxy) is 1. The Morgan fingerprint density at radius 2 is 1.47 bits per heavy atom. The number of rotatable bonds is 7. The Balaban J connectivity index is 1.63. The van der Waals surface area contributed by atoms with Crippen LogP contribution < -0.4 is 10.6 Å². The number of Topliss-reactive ketones (excluding diaryl/α,β-unsaturated/α-hetero) is 1. The number of ketones is 1. The van der Waals surface area contributed by atoms with Crippen LogP contribution in [0, 0.1) is 0 Å². The molecule has 0 unspecified atom stereocenters. The molecule has 0 fully saturated rings. The van der Waals surface area contributed by atoms with E-state index in [1.807, 2.05) is 0 Å². The van der Waals surface area contributed by atoms with Gasteiger partial charge in [0.05, 0.1) is 23.2 Å². The van der Waals surface area contributed by atoms with Crippen molar-refractivity contribution >= 4 is 34.9 Å². The summed E-state index contributed by atoms with van der Waals surface area (Å²) in [6.07, 6.45) is 1.36. The Kier molecular flexibility index (Phi) is 6.39. The molecule has 2 aromatic carbocycles. The highest BCUT2D eigenvalue weighted by atomic mass is 16.5. The van der Waals surface area contributed by atoms with E-state index in [0.717, 1.165) is 0 Å². The third-order valence-corrected chi connectivity index (χ3v) is 4.05. The summed E-state index contributed by atoms with van der Waals surface area (Å²) in [5.41, 5.74) is 0.973. The van der Waals surface area contributed by atoms with Gasteiger partial charge in [-0.3, -0.25) is 14.4 Å². The lowest BCUT2D eigenvalue weighted by Crippen LogP contribution is -2.22. The predicted octanol–water partition coefficient (Wildman–Crippen LogP) is 3.53. The molecule has 8 heteroatoms. The summed E-state index contributed by atoms with van der Waals surface area (Å²) in [4.78, 5) is 48.4. The number of benzene rings is 2. The topological polar surface area (TPSA) is 115 Å². The lowest BCUT2D eigenvalue weighted by molar-refractivity contribution is -0.119. The molecule has 30 heavy (non-hydrogen) atoms. The van der Waals surface area contributed by atoms with Crippen molar-refractivity contribution in [3.05, 3.63) is 83.8 Å². The molecule has 1 aromatic heterocycles. The van der Waals surface area contributed by atoms with Crippen LogP contribution in [-0.4, -0.2) is 30.2 Å². The minimum absolute atomic E-state index is 0.0781. The first-order valence-corrected chi connectivity index (χ1v) is 8.96. The molecule has 0 bridgehead atoms. The molecule has 152 valence electrons. The van der Waals surface area contributed by atoms with E-state index in [4.69, 9.17) is 9.15 Å². The first kappa shape index (κ1) is 20.5. The number of esters is 1. The number of nitrogens with one attached hydrogen (secondary N) is 2. The van der Waals surface area contributed by atoms with Gasteiger partial charge in [0.2, 0.25) is 0 Å². The molecule has 0 saturated carbocycles. The average Bonchev–Trinajstić information content (AvgIpc) is 3.28. The fourth-order valence-electron chi connectivity index (χ4n) is 2.66. The van der Waals surface area contributed by atoms with Crippen molar-refractivity contribution < 1.29 is 28.3 Å². The maximum absolute atomic E-state index is 12.4. The van der Waals surface area contributed by atoms with Crippen LogP contribution in [0.2, 0.25) is 0 Å². The summed E-state index contributed by atoms with van der Waals surface area (Å²) in [5, 5.41) is 5.11. The van der Waals surface area contributed by atoms with Crippen molar-refractivity contribution in [2.75, 3.05) is 17.2 Å². The summed E-state index contributed by atoms with van der Waals surface area (Å²) in [5.74, 6) is -2.04. The molecule has 0 aliphatic carbocycles. The summed E-state index contributed by atoms with van der Waals surface area (Å²) in [6.45, 7) is 0.824. The molecule has 0 aliphatic rings. The molecule has 0 saturated heterocycles. The zero-order chi connectivity index (χ0) is 21.5. The highest BCUT2D eigenvalue weighted by Gasteiger charge is 2.18. The third kappa shape index (κ3) is 4.99. The van der Waals surface area contributed by atoms with Crippen LogP contribution in [0.5, 0.6) is 0 Å². The number of para-hydroxylation sites is 2. The Bertz CT molecular complexity index is 1090. The fourth-order valence-corrected chi connectivity index (χ4v) is 2.66. The molecule has 0 radical (unpaired) electrons. The molecule has 3 rings (SSSR count). The van der Waals surface area contributed by atoms with Gasteiger partial charge in [0, 0.05) is 5.56 Å². The van der Waals surface area contributed by atoms with Gasteiger partial charge in [0.15, 0.2) is 18.2 Å². The first-order chi connectivity index (χ1) is 14.5. The van der Waals surface area contributed by atoms with Gasteiger partial charge >= 0.3 is 5.97 Å². The molecule has 8 nitrogen and oxygen atoms in total. The van der Waals surface area contributed by atoms with Crippen molar-refractivity contribution in [3.8, 4) is 0 Å². The van der Waals surface area contributed by atoms with E-state index in [9.17, 15) is 19.2 Å². The van der Waals surface area contributed by atoms with Gasteiger partial charge in [-0.15, -0.1) is 0 Å². The quantitative estimate of drug-likeness (QED) is 0.458. The molecular formula is C22H18N2O6. The van der Waals surface area contributed by atoms with E-state index in [0.29, 0.717) is 11.3 Å². The smallest absolute Gasteiger partial charge is 0.340 e. The second-order valence-electron chi connectivity index (χ2n) is 6.20. The van der Waals surface area contributed by atoms with Crippen LogP contribution in [0.15, 0.2) is 71.3 Å². The lowest BCUT2D eigenvalue weighted by atomic mass is 10.1. The van der Waals surface area contributed by atoms with Crippen LogP contribution in [0.4, 0.5) is 11.4 Å². The van der Waals surface area contributed by atoms with Crippen molar-refractivity contribution in [1.29, 1.82) is 0 Å². The van der Waals surface area contributed by atoms with E-state index in [1.165, 1.54) is 31.4 Å². The summed E-state index contributed by atoms with van der Waals surface area (Å²) >= 11 is 0. The maximum Gasteiger partial charge on any atom is 0.340 e. The van der Waals surface area contributed by atoms with Gasteiger partial charge in [-0.05, 0) is 43.3 Å². The van der Waals surface area contributed by atoms with Crippen LogP contribution >= 0.6 is 0 Å². The number of anilines is 2. The van der Waals surface area contributed by atoms with E-state index < -0.39 is 24.4 Å². The highest BCUT2D eigenvalue weighted by Crippen LogP contribution is 2.18. The van der Waals surface area contributed by atoms with Crippen LogP contribution in [0.3, 0.4) is 0 Å². The summed E-state index contributed by atoms with van der Waals surface area (Å²) in [7, 11) is 0. The van der Waals surface area contributed by atoms with Gasteiger partial charge < -0.3 is 19.8 Å². The molecule has 2 amide bonds. The Hall–Kier alpha value is -4.20.